The monoisotopic (exact) mass is 262 g/mol. The molecule has 1 aliphatic rings. The maximum Gasteiger partial charge on any atom is 0.328 e. The summed E-state index contributed by atoms with van der Waals surface area (Å²) in [5, 5.41) is 8.88. The molecule has 0 saturated carbocycles. The molecule has 0 amide bonds. The second kappa shape index (κ2) is 5.70. The maximum absolute atomic E-state index is 13.5. The molecule has 1 aliphatic heterocycles. The predicted octanol–water partition coefficient (Wildman–Crippen LogP) is 2.23. The second-order valence-electron chi connectivity index (χ2n) is 4.54. The number of halogens is 1. The van der Waals surface area contributed by atoms with E-state index in [9.17, 15) is 9.18 Å². The van der Waals surface area contributed by atoms with E-state index in [-0.39, 0.29) is 11.5 Å². The lowest BCUT2D eigenvalue weighted by Gasteiger charge is -2.35. The van der Waals surface area contributed by atoms with Crippen molar-refractivity contribution >= 4 is 11.7 Å². The van der Waals surface area contributed by atoms with Crippen LogP contribution in [0.1, 0.15) is 24.8 Å². The van der Waals surface area contributed by atoms with Gasteiger partial charge in [0.05, 0.1) is 18.7 Å². The van der Waals surface area contributed by atoms with E-state index in [0.29, 0.717) is 18.7 Å². The molecule has 0 radical (unpaired) electrons. The Labute approximate surface area is 111 Å². The first-order valence-corrected chi connectivity index (χ1v) is 6.21. The highest BCUT2D eigenvalue weighted by atomic mass is 19.1. The van der Waals surface area contributed by atoms with E-state index in [0.717, 1.165) is 12.8 Å². The SMILES string of the molecule is COC(=O)C1CCCCN1c1cc(F)cc(C#N)c1. The molecule has 1 aromatic rings. The van der Waals surface area contributed by atoms with Gasteiger partial charge in [0.1, 0.15) is 11.9 Å². The topological polar surface area (TPSA) is 53.3 Å². The molecule has 0 aliphatic carbocycles. The summed E-state index contributed by atoms with van der Waals surface area (Å²) in [5.74, 6) is -0.786. The summed E-state index contributed by atoms with van der Waals surface area (Å²) in [6, 6.07) is 5.66. The molecular formula is C14H15FN2O2. The van der Waals surface area contributed by atoms with Crippen molar-refractivity contribution in [3.8, 4) is 6.07 Å². The number of hydrogen-bond donors (Lipinski definition) is 0. The molecule has 0 N–H and O–H groups in total. The van der Waals surface area contributed by atoms with Crippen LogP contribution in [0, 0.1) is 17.1 Å². The zero-order valence-electron chi connectivity index (χ0n) is 10.7. The lowest BCUT2D eigenvalue weighted by atomic mass is 10.0. The Balaban J connectivity index is 2.35. The Morgan fingerprint density at radius 3 is 2.95 bits per heavy atom. The lowest BCUT2D eigenvalue weighted by Crippen LogP contribution is -2.45. The Morgan fingerprint density at radius 1 is 1.47 bits per heavy atom. The fraction of sp³-hybridized carbons (Fsp3) is 0.429. The number of piperidine rings is 1. The molecule has 1 aromatic carbocycles. The van der Waals surface area contributed by atoms with Crippen LogP contribution in [0.25, 0.3) is 0 Å². The largest absolute Gasteiger partial charge is 0.467 e. The summed E-state index contributed by atoms with van der Waals surface area (Å²) in [6.45, 7) is 0.661. The van der Waals surface area contributed by atoms with Crippen molar-refractivity contribution < 1.29 is 13.9 Å². The summed E-state index contributed by atoms with van der Waals surface area (Å²) in [6.07, 6.45) is 2.56. The summed E-state index contributed by atoms with van der Waals surface area (Å²) in [4.78, 5) is 13.6. The van der Waals surface area contributed by atoms with Crippen LogP contribution in [0.3, 0.4) is 0 Å². The van der Waals surface area contributed by atoms with Crippen LogP contribution in [0.2, 0.25) is 0 Å². The molecule has 1 unspecified atom stereocenters. The van der Waals surface area contributed by atoms with Gasteiger partial charge in [0.15, 0.2) is 0 Å². The van der Waals surface area contributed by atoms with Crippen molar-refractivity contribution in [2.24, 2.45) is 0 Å². The zero-order chi connectivity index (χ0) is 13.8. The fourth-order valence-electron chi connectivity index (χ4n) is 2.43. The first-order valence-electron chi connectivity index (χ1n) is 6.21. The van der Waals surface area contributed by atoms with E-state index in [1.165, 1.54) is 19.2 Å². The van der Waals surface area contributed by atoms with Crippen molar-refractivity contribution in [1.82, 2.24) is 0 Å². The van der Waals surface area contributed by atoms with Crippen LogP contribution in [0.15, 0.2) is 18.2 Å². The number of methoxy groups -OCH3 is 1. The van der Waals surface area contributed by atoms with E-state index >= 15 is 0 Å². The van der Waals surface area contributed by atoms with Gasteiger partial charge in [-0.1, -0.05) is 0 Å². The minimum atomic E-state index is -0.469. The zero-order valence-corrected chi connectivity index (χ0v) is 10.7. The molecule has 100 valence electrons. The predicted molar refractivity (Wildman–Crippen MR) is 68.1 cm³/mol. The Hall–Kier alpha value is -2.09. The van der Waals surface area contributed by atoms with Crippen LogP contribution < -0.4 is 4.90 Å². The first-order chi connectivity index (χ1) is 9.15. The van der Waals surface area contributed by atoms with Gasteiger partial charge < -0.3 is 9.64 Å². The normalized spacial score (nSPS) is 18.8. The number of anilines is 1. The quantitative estimate of drug-likeness (QED) is 0.767. The van der Waals surface area contributed by atoms with Gasteiger partial charge >= 0.3 is 5.97 Å². The molecule has 1 heterocycles. The molecule has 1 atom stereocenters. The van der Waals surface area contributed by atoms with Gasteiger partial charge in [-0.2, -0.15) is 5.26 Å². The van der Waals surface area contributed by atoms with E-state index in [1.807, 2.05) is 11.0 Å². The molecule has 0 aromatic heterocycles. The summed E-state index contributed by atoms with van der Waals surface area (Å²) in [5.41, 5.74) is 0.816. The highest BCUT2D eigenvalue weighted by molar-refractivity contribution is 5.80. The second-order valence-corrected chi connectivity index (χ2v) is 4.54. The summed E-state index contributed by atoms with van der Waals surface area (Å²) < 4.78 is 18.3. The number of carbonyl (C=O) groups is 1. The van der Waals surface area contributed by atoms with Gasteiger partial charge in [-0.05, 0) is 37.5 Å². The number of ether oxygens (including phenoxy) is 1. The van der Waals surface area contributed by atoms with Crippen molar-refractivity contribution in [2.45, 2.75) is 25.3 Å². The molecule has 19 heavy (non-hydrogen) atoms. The fourth-order valence-corrected chi connectivity index (χ4v) is 2.43. The number of rotatable bonds is 2. The Bertz CT molecular complexity index is 525. The first kappa shape index (κ1) is 13.3. The highest BCUT2D eigenvalue weighted by Crippen LogP contribution is 2.27. The average molecular weight is 262 g/mol. The number of hydrogen-bond acceptors (Lipinski definition) is 4. The van der Waals surface area contributed by atoms with E-state index in [1.54, 1.807) is 6.07 Å². The number of benzene rings is 1. The van der Waals surface area contributed by atoms with Gasteiger partial charge in [0, 0.05) is 12.2 Å². The molecular weight excluding hydrogens is 247 g/mol. The molecule has 1 saturated heterocycles. The molecule has 1 fully saturated rings. The van der Waals surface area contributed by atoms with Crippen molar-refractivity contribution in [2.75, 3.05) is 18.6 Å². The third-order valence-corrected chi connectivity index (χ3v) is 3.32. The van der Waals surface area contributed by atoms with Gasteiger partial charge in [0.25, 0.3) is 0 Å². The van der Waals surface area contributed by atoms with Crippen LogP contribution in [-0.2, 0) is 9.53 Å². The van der Waals surface area contributed by atoms with Gasteiger partial charge in [0.2, 0.25) is 0 Å². The molecule has 4 nitrogen and oxygen atoms in total. The summed E-state index contributed by atoms with van der Waals surface area (Å²) >= 11 is 0. The van der Waals surface area contributed by atoms with E-state index in [4.69, 9.17) is 10.00 Å². The Kier molecular flexibility index (Phi) is 4.00. The maximum atomic E-state index is 13.5. The molecule has 2 rings (SSSR count). The highest BCUT2D eigenvalue weighted by Gasteiger charge is 2.30. The van der Waals surface area contributed by atoms with Gasteiger partial charge in [-0.3, -0.25) is 0 Å². The van der Waals surface area contributed by atoms with Crippen molar-refractivity contribution in [1.29, 1.82) is 5.26 Å². The van der Waals surface area contributed by atoms with Crippen LogP contribution in [0.4, 0.5) is 10.1 Å². The number of nitriles is 1. The van der Waals surface area contributed by atoms with Gasteiger partial charge in [-0.25, -0.2) is 9.18 Å². The van der Waals surface area contributed by atoms with Gasteiger partial charge in [-0.15, -0.1) is 0 Å². The number of nitrogens with zero attached hydrogens (tertiary/aromatic N) is 2. The smallest absolute Gasteiger partial charge is 0.328 e. The third kappa shape index (κ3) is 2.84. The molecule has 5 heteroatoms. The average Bonchev–Trinajstić information content (AvgIpc) is 2.45. The van der Waals surface area contributed by atoms with Crippen molar-refractivity contribution in [3.63, 3.8) is 0 Å². The van der Waals surface area contributed by atoms with E-state index in [2.05, 4.69) is 0 Å². The number of esters is 1. The minimum absolute atomic E-state index is 0.254. The van der Waals surface area contributed by atoms with Crippen LogP contribution in [0.5, 0.6) is 0 Å². The van der Waals surface area contributed by atoms with Crippen LogP contribution >= 0.6 is 0 Å². The Morgan fingerprint density at radius 2 is 2.26 bits per heavy atom. The third-order valence-electron chi connectivity index (χ3n) is 3.32. The minimum Gasteiger partial charge on any atom is -0.467 e. The van der Waals surface area contributed by atoms with E-state index < -0.39 is 11.9 Å². The standard InChI is InChI=1S/C14H15FN2O2/c1-19-14(18)13-4-2-3-5-17(13)12-7-10(9-16)6-11(15)8-12/h6-8,13H,2-5H2,1H3. The summed E-state index contributed by atoms with van der Waals surface area (Å²) in [7, 11) is 1.35. The molecule has 0 bridgehead atoms. The lowest BCUT2D eigenvalue weighted by molar-refractivity contribution is -0.142. The van der Waals surface area contributed by atoms with Crippen molar-refractivity contribution in [3.05, 3.63) is 29.6 Å². The molecule has 0 spiro atoms. The number of carbonyl (C=O) groups excluding carboxylic acids is 1. The van der Waals surface area contributed by atoms with Crippen LogP contribution in [-0.4, -0.2) is 25.7 Å².